The zero-order chi connectivity index (χ0) is 11.6. The lowest BCUT2D eigenvalue weighted by atomic mass is 10.5. The minimum atomic E-state index is -3.42. The zero-order valence-electron chi connectivity index (χ0n) is 7.97. The van der Waals surface area contributed by atoms with Gasteiger partial charge in [0.05, 0.1) is 16.7 Å². The van der Waals surface area contributed by atoms with E-state index >= 15 is 0 Å². The Morgan fingerprint density at radius 2 is 2.31 bits per heavy atom. The normalized spacial score (nSPS) is 11.8. The molecule has 8 heteroatoms. The van der Waals surface area contributed by atoms with Crippen molar-refractivity contribution >= 4 is 37.3 Å². The van der Waals surface area contributed by atoms with E-state index in [1.54, 1.807) is 18.3 Å². The fourth-order valence-electron chi connectivity index (χ4n) is 1.07. The molecule has 0 bridgehead atoms. The van der Waals surface area contributed by atoms with E-state index in [0.717, 1.165) is 9.48 Å². The van der Waals surface area contributed by atoms with E-state index in [4.69, 9.17) is 0 Å². The predicted octanol–water partition coefficient (Wildman–Crippen LogP) is 1.71. The minimum Gasteiger partial charge on any atom is -0.347 e. The number of imidazole rings is 1. The highest BCUT2D eigenvalue weighted by Crippen LogP contribution is 2.25. The average Bonchev–Trinajstić information content (AvgIpc) is 2.85. The highest BCUT2D eigenvalue weighted by molar-refractivity contribution is 9.11. The molecule has 0 aliphatic heterocycles. The van der Waals surface area contributed by atoms with Crippen molar-refractivity contribution in [3.8, 4) is 0 Å². The molecule has 0 aromatic carbocycles. The van der Waals surface area contributed by atoms with Crippen LogP contribution < -0.4 is 4.72 Å². The number of hydrogen-bond acceptors (Lipinski definition) is 4. The Hall–Kier alpha value is -0.700. The summed E-state index contributed by atoms with van der Waals surface area (Å²) in [6, 6.07) is 3.26. The first-order valence-electron chi connectivity index (χ1n) is 4.30. The van der Waals surface area contributed by atoms with Crippen LogP contribution in [0.15, 0.2) is 32.7 Å². The second kappa shape index (κ2) is 4.66. The molecule has 5 nitrogen and oxygen atoms in total. The number of thiophene rings is 1. The number of halogens is 1. The Morgan fingerprint density at radius 3 is 2.88 bits per heavy atom. The SMILES string of the molecule is O=S(=O)(NCc1cnc[nH]1)c1ccc(Br)s1. The van der Waals surface area contributed by atoms with Gasteiger partial charge < -0.3 is 4.98 Å². The highest BCUT2D eigenvalue weighted by Gasteiger charge is 2.16. The minimum absolute atomic E-state index is 0.206. The molecule has 0 saturated carbocycles. The van der Waals surface area contributed by atoms with Crippen LogP contribution in [0.5, 0.6) is 0 Å². The third-order valence-corrected chi connectivity index (χ3v) is 5.34. The predicted molar refractivity (Wildman–Crippen MR) is 64.6 cm³/mol. The number of sulfonamides is 1. The van der Waals surface area contributed by atoms with Gasteiger partial charge in [-0.1, -0.05) is 0 Å². The lowest BCUT2D eigenvalue weighted by Gasteiger charge is -2.02. The van der Waals surface area contributed by atoms with Gasteiger partial charge in [0, 0.05) is 11.9 Å². The van der Waals surface area contributed by atoms with Crippen LogP contribution in [0, 0.1) is 0 Å². The smallest absolute Gasteiger partial charge is 0.250 e. The molecule has 86 valence electrons. The molecule has 2 rings (SSSR count). The Balaban J connectivity index is 2.09. The molecule has 0 aliphatic carbocycles. The number of H-pyrrole nitrogens is 1. The van der Waals surface area contributed by atoms with Gasteiger partial charge in [0.1, 0.15) is 4.21 Å². The van der Waals surface area contributed by atoms with Gasteiger partial charge in [-0.25, -0.2) is 18.1 Å². The van der Waals surface area contributed by atoms with Gasteiger partial charge in [0.2, 0.25) is 10.0 Å². The molecule has 0 aliphatic rings. The molecule has 0 spiro atoms. The monoisotopic (exact) mass is 321 g/mol. The molecule has 0 unspecified atom stereocenters. The molecule has 0 atom stereocenters. The van der Waals surface area contributed by atoms with E-state index in [2.05, 4.69) is 30.6 Å². The number of aromatic nitrogens is 2. The van der Waals surface area contributed by atoms with Crippen molar-refractivity contribution < 1.29 is 8.42 Å². The molecular weight excluding hydrogens is 314 g/mol. The lowest BCUT2D eigenvalue weighted by molar-refractivity contribution is 0.582. The second-order valence-electron chi connectivity index (χ2n) is 2.96. The van der Waals surface area contributed by atoms with Crippen LogP contribution >= 0.6 is 27.3 Å². The molecule has 0 amide bonds. The van der Waals surface area contributed by atoms with Crippen LogP contribution in [-0.4, -0.2) is 18.4 Å². The highest BCUT2D eigenvalue weighted by atomic mass is 79.9. The molecule has 0 radical (unpaired) electrons. The quantitative estimate of drug-likeness (QED) is 0.900. The van der Waals surface area contributed by atoms with E-state index in [1.807, 2.05) is 0 Å². The van der Waals surface area contributed by atoms with Crippen LogP contribution in [0.25, 0.3) is 0 Å². The number of rotatable bonds is 4. The third-order valence-electron chi connectivity index (χ3n) is 1.82. The maximum Gasteiger partial charge on any atom is 0.250 e. The van der Waals surface area contributed by atoms with Gasteiger partial charge in [0.15, 0.2) is 0 Å². The van der Waals surface area contributed by atoms with E-state index < -0.39 is 10.0 Å². The molecule has 16 heavy (non-hydrogen) atoms. The van der Waals surface area contributed by atoms with Crippen molar-refractivity contribution in [1.82, 2.24) is 14.7 Å². The van der Waals surface area contributed by atoms with Gasteiger partial charge >= 0.3 is 0 Å². The topological polar surface area (TPSA) is 74.8 Å². The summed E-state index contributed by atoms with van der Waals surface area (Å²) in [6.07, 6.45) is 3.08. The summed E-state index contributed by atoms with van der Waals surface area (Å²) in [5.74, 6) is 0. The number of nitrogens with one attached hydrogen (secondary N) is 2. The van der Waals surface area contributed by atoms with Crippen molar-refractivity contribution in [2.75, 3.05) is 0 Å². The molecule has 0 saturated heterocycles. The van der Waals surface area contributed by atoms with Gasteiger partial charge in [-0.05, 0) is 28.1 Å². The van der Waals surface area contributed by atoms with Gasteiger partial charge in [-0.2, -0.15) is 0 Å². The van der Waals surface area contributed by atoms with E-state index in [9.17, 15) is 8.42 Å². The molecule has 2 aromatic rings. The Morgan fingerprint density at radius 1 is 1.50 bits per heavy atom. The van der Waals surface area contributed by atoms with Crippen molar-refractivity contribution in [2.24, 2.45) is 0 Å². The van der Waals surface area contributed by atoms with E-state index in [0.29, 0.717) is 4.21 Å². The zero-order valence-corrected chi connectivity index (χ0v) is 11.2. The number of aromatic amines is 1. The Bertz CT molecular complexity index is 562. The first-order chi connectivity index (χ1) is 7.58. The maximum atomic E-state index is 11.8. The molecule has 2 N–H and O–H groups in total. The molecule has 2 aromatic heterocycles. The van der Waals surface area contributed by atoms with Crippen LogP contribution in [0.1, 0.15) is 5.69 Å². The van der Waals surface area contributed by atoms with Crippen LogP contribution in [0.4, 0.5) is 0 Å². The molecule has 0 fully saturated rings. The first kappa shape index (κ1) is 11.8. The van der Waals surface area contributed by atoms with Crippen LogP contribution in [0.3, 0.4) is 0 Å². The summed E-state index contributed by atoms with van der Waals surface area (Å²) in [5, 5.41) is 0. The fourth-order valence-corrected chi connectivity index (χ4v) is 4.13. The average molecular weight is 322 g/mol. The summed E-state index contributed by atoms with van der Waals surface area (Å²) in [7, 11) is -3.42. The summed E-state index contributed by atoms with van der Waals surface area (Å²) < 4.78 is 27.1. The molecule has 2 heterocycles. The maximum absolute atomic E-state index is 11.8. The van der Waals surface area contributed by atoms with Crippen molar-refractivity contribution in [1.29, 1.82) is 0 Å². The van der Waals surface area contributed by atoms with Crippen LogP contribution in [0.2, 0.25) is 0 Å². The fraction of sp³-hybridized carbons (Fsp3) is 0.125. The Labute approximate surface area is 105 Å². The number of hydrogen-bond donors (Lipinski definition) is 2. The van der Waals surface area contributed by atoms with Gasteiger partial charge in [0.25, 0.3) is 0 Å². The van der Waals surface area contributed by atoms with Crippen LogP contribution in [-0.2, 0) is 16.6 Å². The summed E-state index contributed by atoms with van der Waals surface area (Å²) in [6.45, 7) is 0.206. The Kier molecular flexibility index (Phi) is 3.43. The van der Waals surface area contributed by atoms with Crippen molar-refractivity contribution in [2.45, 2.75) is 10.8 Å². The van der Waals surface area contributed by atoms with Gasteiger partial charge in [-0.15, -0.1) is 11.3 Å². The second-order valence-corrected chi connectivity index (χ2v) is 7.42. The third kappa shape index (κ3) is 2.70. The summed E-state index contributed by atoms with van der Waals surface area (Å²) in [5.41, 5.74) is 0.721. The first-order valence-corrected chi connectivity index (χ1v) is 7.39. The van der Waals surface area contributed by atoms with Gasteiger partial charge in [-0.3, -0.25) is 0 Å². The molecular formula is C8H8BrN3O2S2. The largest absolute Gasteiger partial charge is 0.347 e. The van der Waals surface area contributed by atoms with E-state index in [1.165, 1.54) is 17.7 Å². The summed E-state index contributed by atoms with van der Waals surface area (Å²) >= 11 is 4.40. The summed E-state index contributed by atoms with van der Waals surface area (Å²) in [4.78, 5) is 6.63. The van der Waals surface area contributed by atoms with Crippen molar-refractivity contribution in [3.05, 3.63) is 34.1 Å². The standard InChI is InChI=1S/C8H8BrN3O2S2/c9-7-1-2-8(15-7)16(13,14)12-4-6-3-10-5-11-6/h1-3,5,12H,4H2,(H,10,11). The lowest BCUT2D eigenvalue weighted by Crippen LogP contribution is -2.22. The number of nitrogens with zero attached hydrogens (tertiary/aromatic N) is 1. The van der Waals surface area contributed by atoms with E-state index in [-0.39, 0.29) is 6.54 Å². The van der Waals surface area contributed by atoms with Crippen molar-refractivity contribution in [3.63, 3.8) is 0 Å².